The van der Waals surface area contributed by atoms with E-state index >= 15 is 0 Å². The van der Waals surface area contributed by atoms with Crippen LogP contribution in [0.1, 0.15) is 0 Å². The van der Waals surface area contributed by atoms with Crippen molar-refractivity contribution in [3.63, 3.8) is 0 Å². The summed E-state index contributed by atoms with van der Waals surface area (Å²) < 4.78 is 4.49. The molecule has 0 aliphatic rings. The molecule has 0 spiro atoms. The van der Waals surface area contributed by atoms with Crippen molar-refractivity contribution in [3.05, 3.63) is 24.3 Å². The van der Waals surface area contributed by atoms with Crippen LogP contribution in [0.25, 0.3) is 0 Å². The quantitative estimate of drug-likeness (QED) is 0.461. The van der Waals surface area contributed by atoms with Gasteiger partial charge in [0.15, 0.2) is 11.5 Å². The molecule has 0 atom stereocenters. The number of thiol groups is 1. The van der Waals surface area contributed by atoms with Gasteiger partial charge in [0, 0.05) is 12.9 Å². The molecule has 9 heavy (non-hydrogen) atoms. The van der Waals surface area contributed by atoms with Crippen LogP contribution in [0.4, 0.5) is 0 Å². The van der Waals surface area contributed by atoms with E-state index in [0.29, 0.717) is 5.75 Å². The summed E-state index contributed by atoms with van der Waals surface area (Å²) in [5.74, 6) is 0.480. The Morgan fingerprint density at radius 2 is 2.00 bits per heavy atom. The van der Waals surface area contributed by atoms with Crippen LogP contribution in [-0.4, -0.2) is 5.11 Å². The molecule has 48 valence electrons. The molecule has 3 heteroatoms. The molecule has 0 unspecified atom stereocenters. The zero-order valence-electron chi connectivity index (χ0n) is 4.61. The molecule has 0 aromatic heterocycles. The van der Waals surface area contributed by atoms with E-state index in [4.69, 9.17) is 5.11 Å². The van der Waals surface area contributed by atoms with Crippen molar-refractivity contribution in [1.82, 2.24) is 0 Å². The van der Waals surface area contributed by atoms with Gasteiger partial charge < -0.3 is 9.29 Å². The van der Waals surface area contributed by atoms with Crippen LogP contribution in [0, 0.1) is 0 Å². The second-order valence-corrected chi connectivity index (χ2v) is 1.74. The first-order valence-electron chi connectivity index (χ1n) is 2.44. The molecule has 0 fully saturated rings. The SMILES string of the molecule is Oc1ccccc1OS. The Morgan fingerprint density at radius 1 is 1.33 bits per heavy atom. The van der Waals surface area contributed by atoms with Crippen molar-refractivity contribution >= 4 is 12.9 Å². The fourth-order valence-corrected chi connectivity index (χ4v) is 0.689. The number of aromatic hydroxyl groups is 1. The van der Waals surface area contributed by atoms with Crippen molar-refractivity contribution < 1.29 is 9.29 Å². The Balaban J connectivity index is 3.01. The average molecular weight is 142 g/mol. The van der Waals surface area contributed by atoms with Gasteiger partial charge in [0.2, 0.25) is 0 Å². The number of rotatable bonds is 1. The lowest BCUT2D eigenvalue weighted by molar-refractivity contribution is 0.451. The molecule has 2 nitrogen and oxygen atoms in total. The molecule has 0 radical (unpaired) electrons. The molecule has 1 N–H and O–H groups in total. The van der Waals surface area contributed by atoms with E-state index in [1.54, 1.807) is 18.2 Å². The Morgan fingerprint density at radius 3 is 2.44 bits per heavy atom. The third kappa shape index (κ3) is 1.29. The minimum absolute atomic E-state index is 0.104. The first kappa shape index (κ1) is 6.29. The fraction of sp³-hybridized carbons (Fsp3) is 0. The van der Waals surface area contributed by atoms with Crippen molar-refractivity contribution in [1.29, 1.82) is 0 Å². The molecule has 1 aromatic carbocycles. The van der Waals surface area contributed by atoms with Crippen molar-refractivity contribution in [2.75, 3.05) is 0 Å². The normalized spacial score (nSPS) is 9.00. The highest BCUT2D eigenvalue weighted by atomic mass is 32.1. The van der Waals surface area contributed by atoms with Crippen LogP contribution >= 0.6 is 12.9 Å². The number of benzene rings is 1. The van der Waals surface area contributed by atoms with Gasteiger partial charge in [-0.3, -0.25) is 0 Å². The summed E-state index contributed by atoms with van der Waals surface area (Å²) in [5.41, 5.74) is 0. The molecule has 0 heterocycles. The zero-order chi connectivity index (χ0) is 6.69. The number of para-hydroxylation sites is 2. The second-order valence-electron chi connectivity index (χ2n) is 1.56. The van der Waals surface area contributed by atoms with Gasteiger partial charge in [0.1, 0.15) is 0 Å². The lowest BCUT2D eigenvalue weighted by Crippen LogP contribution is -1.73. The molecule has 0 aliphatic carbocycles. The van der Waals surface area contributed by atoms with Crippen molar-refractivity contribution in [2.45, 2.75) is 0 Å². The first-order chi connectivity index (χ1) is 4.34. The summed E-state index contributed by atoms with van der Waals surface area (Å²) in [7, 11) is 0. The number of phenols is 1. The van der Waals surface area contributed by atoms with Gasteiger partial charge in [-0.05, 0) is 12.1 Å². The second kappa shape index (κ2) is 2.64. The Hall–Kier alpha value is -0.830. The van der Waals surface area contributed by atoms with Crippen LogP contribution in [0.3, 0.4) is 0 Å². The lowest BCUT2D eigenvalue weighted by atomic mass is 10.3. The predicted molar refractivity (Wildman–Crippen MR) is 37.7 cm³/mol. The predicted octanol–water partition coefficient (Wildman–Crippen LogP) is 1.62. The number of hydrogen-bond donors (Lipinski definition) is 2. The van der Waals surface area contributed by atoms with Gasteiger partial charge in [-0.1, -0.05) is 12.1 Å². The van der Waals surface area contributed by atoms with Crippen LogP contribution < -0.4 is 4.18 Å². The summed E-state index contributed by atoms with van der Waals surface area (Å²) in [6.45, 7) is 0. The minimum Gasteiger partial charge on any atom is -0.504 e. The molecule has 0 aliphatic heterocycles. The van der Waals surface area contributed by atoms with Crippen molar-refractivity contribution in [3.8, 4) is 11.5 Å². The highest BCUT2D eigenvalue weighted by Crippen LogP contribution is 2.24. The third-order valence-corrected chi connectivity index (χ3v) is 1.16. The van der Waals surface area contributed by atoms with Crippen LogP contribution in [0.15, 0.2) is 24.3 Å². The summed E-state index contributed by atoms with van der Waals surface area (Å²) in [6.07, 6.45) is 0. The van der Waals surface area contributed by atoms with Crippen LogP contribution in [0.2, 0.25) is 0 Å². The van der Waals surface area contributed by atoms with Gasteiger partial charge in [-0.2, -0.15) is 0 Å². The van der Waals surface area contributed by atoms with Gasteiger partial charge in [0.25, 0.3) is 0 Å². The van der Waals surface area contributed by atoms with Crippen LogP contribution in [-0.2, 0) is 0 Å². The molecule has 0 saturated heterocycles. The number of phenolic OH excluding ortho intramolecular Hbond substituents is 1. The number of hydrogen-bond acceptors (Lipinski definition) is 3. The fourth-order valence-electron chi connectivity index (χ4n) is 0.534. The molecular weight excluding hydrogens is 136 g/mol. The van der Waals surface area contributed by atoms with Crippen LogP contribution in [0.5, 0.6) is 11.5 Å². The van der Waals surface area contributed by atoms with E-state index in [1.807, 2.05) is 0 Å². The third-order valence-electron chi connectivity index (χ3n) is 0.964. The van der Waals surface area contributed by atoms with Gasteiger partial charge >= 0.3 is 0 Å². The van der Waals surface area contributed by atoms with E-state index in [0.717, 1.165) is 0 Å². The Kier molecular flexibility index (Phi) is 1.85. The van der Waals surface area contributed by atoms with E-state index in [-0.39, 0.29) is 5.75 Å². The van der Waals surface area contributed by atoms with E-state index in [1.165, 1.54) is 6.07 Å². The maximum absolute atomic E-state index is 8.94. The first-order valence-corrected chi connectivity index (χ1v) is 2.80. The molecule has 0 amide bonds. The highest BCUT2D eigenvalue weighted by molar-refractivity contribution is 7.75. The average Bonchev–Trinajstić information content (AvgIpc) is 1.89. The summed E-state index contributed by atoms with van der Waals surface area (Å²) >= 11 is 3.52. The molecule has 0 bridgehead atoms. The Labute approximate surface area is 58.7 Å². The molecule has 0 saturated carbocycles. The van der Waals surface area contributed by atoms with Gasteiger partial charge in [-0.25, -0.2) is 0 Å². The van der Waals surface area contributed by atoms with Gasteiger partial charge in [-0.15, -0.1) is 0 Å². The smallest absolute Gasteiger partial charge is 0.178 e. The minimum atomic E-state index is 0.104. The largest absolute Gasteiger partial charge is 0.504 e. The van der Waals surface area contributed by atoms with Crippen molar-refractivity contribution in [2.24, 2.45) is 0 Å². The maximum atomic E-state index is 8.94. The van der Waals surface area contributed by atoms with Gasteiger partial charge in [0.05, 0.1) is 0 Å². The van der Waals surface area contributed by atoms with E-state index < -0.39 is 0 Å². The van der Waals surface area contributed by atoms with E-state index in [9.17, 15) is 0 Å². The molecule has 1 aromatic rings. The van der Waals surface area contributed by atoms with E-state index in [2.05, 4.69) is 17.1 Å². The standard InChI is InChI=1S/C6H6O2S/c7-5-3-1-2-4-6(5)8-9/h1-4,7,9H. The lowest BCUT2D eigenvalue weighted by Gasteiger charge is -1.97. The highest BCUT2D eigenvalue weighted by Gasteiger charge is 1.95. The molecule has 1 rings (SSSR count). The maximum Gasteiger partial charge on any atom is 0.178 e. The summed E-state index contributed by atoms with van der Waals surface area (Å²) in [6, 6.07) is 6.63. The topological polar surface area (TPSA) is 29.5 Å². The summed E-state index contributed by atoms with van der Waals surface area (Å²) in [4.78, 5) is 0. The monoisotopic (exact) mass is 142 g/mol. The Bertz CT molecular complexity index is 200. The zero-order valence-corrected chi connectivity index (χ0v) is 5.51. The summed E-state index contributed by atoms with van der Waals surface area (Å²) in [5, 5.41) is 8.94. The molecular formula is C6H6O2S.